The van der Waals surface area contributed by atoms with E-state index in [0.29, 0.717) is 18.1 Å². The maximum atomic E-state index is 12.1. The molecule has 1 N–H and O–H groups in total. The third kappa shape index (κ3) is 4.88. The molecule has 126 valence electrons. The molecule has 0 aliphatic rings. The van der Waals surface area contributed by atoms with E-state index in [1.807, 2.05) is 51.1 Å². The largest absolute Gasteiger partial charge is 0.493 e. The van der Waals surface area contributed by atoms with Crippen LogP contribution in [0, 0.1) is 13.8 Å². The Kier molecular flexibility index (Phi) is 6.01. The molecule has 0 spiro atoms. The molecule has 0 unspecified atom stereocenters. The van der Waals surface area contributed by atoms with Crippen molar-refractivity contribution in [3.8, 4) is 11.5 Å². The fraction of sp³-hybridized carbons (Fsp3) is 0.250. The predicted octanol–water partition coefficient (Wildman–Crippen LogP) is 4.36. The van der Waals surface area contributed by atoms with E-state index in [1.54, 1.807) is 13.2 Å². The number of aryl methyl sites for hydroxylation is 2. The Labute approximate surface area is 143 Å². The van der Waals surface area contributed by atoms with Crippen LogP contribution in [0.5, 0.6) is 11.5 Å². The topological polar surface area (TPSA) is 47.6 Å². The normalized spacial score (nSPS) is 10.7. The Morgan fingerprint density at radius 1 is 1.08 bits per heavy atom. The highest BCUT2D eigenvalue weighted by atomic mass is 16.5. The van der Waals surface area contributed by atoms with Crippen LogP contribution in [0.3, 0.4) is 0 Å². The van der Waals surface area contributed by atoms with Gasteiger partial charge in [-0.05, 0) is 67.8 Å². The fourth-order valence-electron chi connectivity index (χ4n) is 2.47. The molecule has 4 heteroatoms. The number of carbonyl (C=O) groups excluding carboxylic acids is 1. The maximum Gasteiger partial charge on any atom is 0.248 e. The Hall–Kier alpha value is -2.75. The summed E-state index contributed by atoms with van der Waals surface area (Å²) in [6.45, 7) is 6.48. The summed E-state index contributed by atoms with van der Waals surface area (Å²) in [6.07, 6.45) is 3.26. The van der Waals surface area contributed by atoms with Gasteiger partial charge in [-0.25, -0.2) is 0 Å². The molecule has 1 amide bonds. The molecule has 2 rings (SSSR count). The molecular formula is C20H23NO3. The third-order valence-electron chi connectivity index (χ3n) is 3.40. The highest BCUT2D eigenvalue weighted by Crippen LogP contribution is 2.28. The van der Waals surface area contributed by atoms with E-state index < -0.39 is 0 Å². The Balaban J connectivity index is 2.09. The fourth-order valence-corrected chi connectivity index (χ4v) is 2.47. The van der Waals surface area contributed by atoms with Crippen LogP contribution in [0.25, 0.3) is 6.08 Å². The molecule has 0 fully saturated rings. The van der Waals surface area contributed by atoms with Gasteiger partial charge in [-0.1, -0.05) is 12.1 Å². The molecule has 0 aromatic heterocycles. The summed E-state index contributed by atoms with van der Waals surface area (Å²) in [6, 6.07) is 11.5. The molecule has 4 nitrogen and oxygen atoms in total. The van der Waals surface area contributed by atoms with Gasteiger partial charge in [-0.2, -0.15) is 0 Å². The molecule has 0 atom stereocenters. The van der Waals surface area contributed by atoms with Crippen molar-refractivity contribution in [3.63, 3.8) is 0 Å². The van der Waals surface area contributed by atoms with Crippen LogP contribution in [0.2, 0.25) is 0 Å². The van der Waals surface area contributed by atoms with Crippen molar-refractivity contribution >= 4 is 17.7 Å². The minimum atomic E-state index is -0.172. The first kappa shape index (κ1) is 17.6. The molecule has 0 saturated heterocycles. The molecule has 0 aliphatic heterocycles. The van der Waals surface area contributed by atoms with Gasteiger partial charge in [-0.15, -0.1) is 0 Å². The number of anilines is 1. The van der Waals surface area contributed by atoms with Crippen molar-refractivity contribution in [3.05, 3.63) is 59.2 Å². The van der Waals surface area contributed by atoms with Gasteiger partial charge in [0.25, 0.3) is 0 Å². The minimum Gasteiger partial charge on any atom is -0.493 e. The molecule has 0 radical (unpaired) electrons. The van der Waals surface area contributed by atoms with Gasteiger partial charge in [0.15, 0.2) is 11.5 Å². The molecule has 24 heavy (non-hydrogen) atoms. The number of benzene rings is 2. The highest BCUT2D eigenvalue weighted by Gasteiger charge is 2.04. The number of hydrogen-bond donors (Lipinski definition) is 1. The number of nitrogens with one attached hydrogen (secondary N) is 1. The van der Waals surface area contributed by atoms with Crippen molar-refractivity contribution in [2.24, 2.45) is 0 Å². The van der Waals surface area contributed by atoms with Crippen LogP contribution in [-0.2, 0) is 4.79 Å². The second-order valence-corrected chi connectivity index (χ2v) is 5.54. The first-order valence-corrected chi connectivity index (χ1v) is 7.90. The first-order valence-electron chi connectivity index (χ1n) is 7.90. The predicted molar refractivity (Wildman–Crippen MR) is 97.7 cm³/mol. The lowest BCUT2D eigenvalue weighted by atomic mass is 10.1. The molecule has 0 heterocycles. The van der Waals surface area contributed by atoms with E-state index in [2.05, 4.69) is 11.4 Å². The number of amides is 1. The van der Waals surface area contributed by atoms with Crippen LogP contribution in [0.15, 0.2) is 42.5 Å². The number of carbonyl (C=O) groups is 1. The van der Waals surface area contributed by atoms with Crippen LogP contribution >= 0.6 is 0 Å². The van der Waals surface area contributed by atoms with Gasteiger partial charge in [-0.3, -0.25) is 4.79 Å². The summed E-state index contributed by atoms with van der Waals surface area (Å²) in [5.41, 5.74) is 3.90. The first-order chi connectivity index (χ1) is 11.5. The number of methoxy groups -OCH3 is 1. The van der Waals surface area contributed by atoms with E-state index in [1.165, 1.54) is 6.08 Å². The maximum absolute atomic E-state index is 12.1. The second kappa shape index (κ2) is 8.20. The second-order valence-electron chi connectivity index (χ2n) is 5.54. The summed E-state index contributed by atoms with van der Waals surface area (Å²) in [4.78, 5) is 12.1. The number of hydrogen-bond acceptors (Lipinski definition) is 3. The molecule has 2 aromatic rings. The lowest BCUT2D eigenvalue weighted by molar-refractivity contribution is -0.111. The summed E-state index contributed by atoms with van der Waals surface area (Å²) >= 11 is 0. The van der Waals surface area contributed by atoms with E-state index in [-0.39, 0.29) is 5.91 Å². The van der Waals surface area contributed by atoms with Crippen molar-refractivity contribution in [2.75, 3.05) is 19.0 Å². The minimum absolute atomic E-state index is 0.172. The van der Waals surface area contributed by atoms with Crippen LogP contribution < -0.4 is 14.8 Å². The van der Waals surface area contributed by atoms with Gasteiger partial charge in [0, 0.05) is 11.8 Å². The number of rotatable bonds is 6. The SMILES string of the molecule is CCOc1cc(/C=C/C(=O)Nc2cc(C)cc(C)c2)ccc1OC. The Morgan fingerprint density at radius 2 is 1.79 bits per heavy atom. The molecule has 2 aromatic carbocycles. The highest BCUT2D eigenvalue weighted by molar-refractivity contribution is 6.02. The lowest BCUT2D eigenvalue weighted by Crippen LogP contribution is -2.08. The van der Waals surface area contributed by atoms with Crippen molar-refractivity contribution < 1.29 is 14.3 Å². The lowest BCUT2D eigenvalue weighted by Gasteiger charge is -2.09. The summed E-state index contributed by atoms with van der Waals surface area (Å²) in [7, 11) is 1.60. The standard InChI is InChI=1S/C20H23NO3/c1-5-24-19-13-16(6-8-18(19)23-4)7-9-20(22)21-17-11-14(2)10-15(3)12-17/h6-13H,5H2,1-4H3,(H,21,22)/b9-7+. The van der Waals surface area contributed by atoms with Crippen LogP contribution in [0.1, 0.15) is 23.6 Å². The van der Waals surface area contributed by atoms with Crippen LogP contribution in [0.4, 0.5) is 5.69 Å². The Morgan fingerprint density at radius 3 is 2.42 bits per heavy atom. The van der Waals surface area contributed by atoms with E-state index in [0.717, 1.165) is 22.4 Å². The smallest absolute Gasteiger partial charge is 0.248 e. The zero-order valence-corrected chi connectivity index (χ0v) is 14.6. The monoisotopic (exact) mass is 325 g/mol. The zero-order chi connectivity index (χ0) is 17.5. The van der Waals surface area contributed by atoms with Gasteiger partial charge in [0.05, 0.1) is 13.7 Å². The van der Waals surface area contributed by atoms with Crippen molar-refractivity contribution in [1.82, 2.24) is 0 Å². The van der Waals surface area contributed by atoms with Crippen LogP contribution in [-0.4, -0.2) is 19.6 Å². The van der Waals surface area contributed by atoms with Gasteiger partial charge >= 0.3 is 0 Å². The summed E-state index contributed by atoms with van der Waals surface area (Å²) < 4.78 is 10.8. The summed E-state index contributed by atoms with van der Waals surface area (Å²) in [5, 5.41) is 2.87. The average molecular weight is 325 g/mol. The number of ether oxygens (including phenoxy) is 2. The van der Waals surface area contributed by atoms with Gasteiger partial charge in [0.1, 0.15) is 0 Å². The Bertz CT molecular complexity index is 730. The van der Waals surface area contributed by atoms with Gasteiger partial charge < -0.3 is 14.8 Å². The van der Waals surface area contributed by atoms with Gasteiger partial charge in [0.2, 0.25) is 5.91 Å². The van der Waals surface area contributed by atoms with Crippen molar-refractivity contribution in [2.45, 2.75) is 20.8 Å². The third-order valence-corrected chi connectivity index (χ3v) is 3.40. The quantitative estimate of drug-likeness (QED) is 0.803. The zero-order valence-electron chi connectivity index (χ0n) is 14.6. The summed E-state index contributed by atoms with van der Waals surface area (Å²) in [5.74, 6) is 1.17. The average Bonchev–Trinajstić information content (AvgIpc) is 2.52. The molecular weight excluding hydrogens is 302 g/mol. The van der Waals surface area contributed by atoms with E-state index in [4.69, 9.17) is 9.47 Å². The van der Waals surface area contributed by atoms with Crippen molar-refractivity contribution in [1.29, 1.82) is 0 Å². The molecule has 0 bridgehead atoms. The molecule has 0 saturated carbocycles. The molecule has 0 aliphatic carbocycles. The van der Waals surface area contributed by atoms with E-state index >= 15 is 0 Å². The van der Waals surface area contributed by atoms with E-state index in [9.17, 15) is 4.79 Å².